The summed E-state index contributed by atoms with van der Waals surface area (Å²) in [7, 11) is 1.53. The number of phenolic OH excluding ortho intramolecular Hbond substituents is 1. The minimum Gasteiger partial charge on any atom is -0.507 e. The van der Waals surface area contributed by atoms with Crippen molar-refractivity contribution in [3.05, 3.63) is 57.2 Å². The highest BCUT2D eigenvalue weighted by Gasteiger charge is 2.10. The minimum absolute atomic E-state index is 0.0918. The number of nitrogens with one attached hydrogen (secondary N) is 1. The van der Waals surface area contributed by atoms with Crippen LogP contribution in [0.4, 0.5) is 0 Å². The summed E-state index contributed by atoms with van der Waals surface area (Å²) in [5.74, 6) is 0.0918. The molecule has 0 spiro atoms. The molecule has 0 aliphatic carbocycles. The number of rotatable bonds is 1. The van der Waals surface area contributed by atoms with E-state index in [4.69, 9.17) is 0 Å². The molecule has 3 rings (SSSR count). The lowest BCUT2D eigenvalue weighted by molar-refractivity contribution is 0.477. The van der Waals surface area contributed by atoms with Crippen molar-refractivity contribution in [2.24, 2.45) is 7.05 Å². The van der Waals surface area contributed by atoms with Crippen molar-refractivity contribution in [2.45, 2.75) is 0 Å². The molecule has 0 fully saturated rings. The molecule has 0 saturated carbocycles. The van der Waals surface area contributed by atoms with Crippen LogP contribution in [0.2, 0.25) is 0 Å². The number of hydrogen-bond acceptors (Lipinski definition) is 4. The van der Waals surface area contributed by atoms with Gasteiger partial charge in [0.25, 0.3) is 5.56 Å². The summed E-state index contributed by atoms with van der Waals surface area (Å²) in [4.78, 5) is 29.8. The SMILES string of the molecule is Cn1c(=O)[nH]c(=O)c2ccc(-c3ccccc3O)nc21. The van der Waals surface area contributed by atoms with Crippen molar-refractivity contribution < 1.29 is 5.11 Å². The molecular weight excluding hydrogens is 258 g/mol. The Morgan fingerprint density at radius 1 is 1.15 bits per heavy atom. The van der Waals surface area contributed by atoms with Gasteiger partial charge < -0.3 is 5.11 Å². The van der Waals surface area contributed by atoms with Gasteiger partial charge in [0, 0.05) is 12.6 Å². The maximum absolute atomic E-state index is 11.7. The molecule has 0 aliphatic heterocycles. The number of fused-ring (bicyclic) bond motifs is 1. The first-order valence-corrected chi connectivity index (χ1v) is 5.96. The van der Waals surface area contributed by atoms with Gasteiger partial charge in [0.15, 0.2) is 0 Å². The van der Waals surface area contributed by atoms with Gasteiger partial charge in [0.1, 0.15) is 11.4 Å². The summed E-state index contributed by atoms with van der Waals surface area (Å²) >= 11 is 0. The van der Waals surface area contributed by atoms with Crippen LogP contribution in [0, 0.1) is 0 Å². The molecule has 2 aromatic heterocycles. The predicted molar refractivity (Wildman–Crippen MR) is 74.7 cm³/mol. The molecular formula is C14H11N3O3. The van der Waals surface area contributed by atoms with Gasteiger partial charge >= 0.3 is 5.69 Å². The molecule has 0 unspecified atom stereocenters. The third-order valence-electron chi connectivity index (χ3n) is 3.14. The fourth-order valence-electron chi connectivity index (χ4n) is 2.07. The number of para-hydroxylation sites is 1. The highest BCUT2D eigenvalue weighted by atomic mass is 16.3. The first kappa shape index (κ1) is 12.2. The molecule has 0 aliphatic rings. The zero-order valence-corrected chi connectivity index (χ0v) is 10.6. The Labute approximate surface area is 113 Å². The predicted octanol–water partition coefficient (Wildman–Crippen LogP) is 0.994. The minimum atomic E-state index is -0.524. The van der Waals surface area contributed by atoms with E-state index in [1.54, 1.807) is 36.4 Å². The van der Waals surface area contributed by atoms with Crippen LogP contribution in [-0.4, -0.2) is 19.6 Å². The Morgan fingerprint density at radius 3 is 2.65 bits per heavy atom. The van der Waals surface area contributed by atoms with Crippen LogP contribution in [0.5, 0.6) is 5.75 Å². The van der Waals surface area contributed by atoms with Crippen molar-refractivity contribution in [3.63, 3.8) is 0 Å². The number of hydrogen-bond donors (Lipinski definition) is 2. The molecule has 1 aromatic carbocycles. The number of pyridine rings is 1. The number of nitrogens with zero attached hydrogens (tertiary/aromatic N) is 2. The largest absolute Gasteiger partial charge is 0.507 e. The van der Waals surface area contributed by atoms with E-state index in [9.17, 15) is 14.7 Å². The van der Waals surface area contributed by atoms with E-state index in [0.717, 1.165) is 0 Å². The number of benzene rings is 1. The van der Waals surface area contributed by atoms with E-state index >= 15 is 0 Å². The van der Waals surface area contributed by atoms with Crippen molar-refractivity contribution in [3.8, 4) is 17.0 Å². The molecule has 0 atom stereocenters. The second-order valence-corrected chi connectivity index (χ2v) is 4.40. The van der Waals surface area contributed by atoms with Gasteiger partial charge in [-0.15, -0.1) is 0 Å². The van der Waals surface area contributed by atoms with Gasteiger partial charge in [0.2, 0.25) is 0 Å². The van der Waals surface area contributed by atoms with E-state index in [1.165, 1.54) is 11.6 Å². The Hall–Kier alpha value is -2.89. The van der Waals surface area contributed by atoms with E-state index < -0.39 is 11.2 Å². The van der Waals surface area contributed by atoms with Gasteiger partial charge in [-0.3, -0.25) is 14.3 Å². The maximum atomic E-state index is 11.7. The van der Waals surface area contributed by atoms with E-state index in [2.05, 4.69) is 9.97 Å². The normalized spacial score (nSPS) is 10.8. The van der Waals surface area contributed by atoms with Crippen LogP contribution >= 0.6 is 0 Å². The zero-order valence-electron chi connectivity index (χ0n) is 10.6. The third-order valence-corrected chi connectivity index (χ3v) is 3.14. The molecule has 0 amide bonds. The standard InChI is InChI=1S/C14H11N3O3/c1-17-12-9(13(19)16-14(17)20)6-7-10(15-12)8-4-2-3-5-11(8)18/h2-7,18H,1H3,(H,16,19,20). The summed E-state index contributed by atoms with van der Waals surface area (Å²) in [5, 5.41) is 10.2. The second-order valence-electron chi connectivity index (χ2n) is 4.40. The maximum Gasteiger partial charge on any atom is 0.329 e. The van der Waals surface area contributed by atoms with Gasteiger partial charge in [0.05, 0.1) is 11.1 Å². The van der Waals surface area contributed by atoms with Crippen molar-refractivity contribution in [2.75, 3.05) is 0 Å². The fraction of sp³-hybridized carbons (Fsp3) is 0.0714. The molecule has 0 radical (unpaired) electrons. The third kappa shape index (κ3) is 1.78. The Kier molecular flexibility index (Phi) is 2.64. The summed E-state index contributed by atoms with van der Waals surface area (Å²) in [6, 6.07) is 9.98. The van der Waals surface area contributed by atoms with Crippen molar-refractivity contribution >= 4 is 11.0 Å². The highest BCUT2D eigenvalue weighted by Crippen LogP contribution is 2.27. The monoisotopic (exact) mass is 269 g/mol. The summed E-state index contributed by atoms with van der Waals surface area (Å²) < 4.78 is 1.26. The van der Waals surface area contributed by atoms with Crippen LogP contribution in [0.1, 0.15) is 0 Å². The molecule has 20 heavy (non-hydrogen) atoms. The lowest BCUT2D eigenvalue weighted by Crippen LogP contribution is -2.28. The van der Waals surface area contributed by atoms with Crippen LogP contribution in [0.3, 0.4) is 0 Å². The first-order chi connectivity index (χ1) is 9.58. The van der Waals surface area contributed by atoms with Crippen molar-refractivity contribution in [1.82, 2.24) is 14.5 Å². The van der Waals surface area contributed by atoms with E-state index in [-0.39, 0.29) is 11.4 Å². The average molecular weight is 269 g/mol. The van der Waals surface area contributed by atoms with Crippen LogP contribution in [0.25, 0.3) is 22.3 Å². The molecule has 0 bridgehead atoms. The highest BCUT2D eigenvalue weighted by molar-refractivity contribution is 5.79. The van der Waals surface area contributed by atoms with E-state index in [1.807, 2.05) is 0 Å². The Balaban J connectivity index is 2.37. The Bertz CT molecular complexity index is 925. The summed E-state index contributed by atoms with van der Waals surface area (Å²) in [6.07, 6.45) is 0. The van der Waals surface area contributed by atoms with Gasteiger partial charge in [-0.25, -0.2) is 9.78 Å². The van der Waals surface area contributed by atoms with Gasteiger partial charge in [-0.2, -0.15) is 0 Å². The topological polar surface area (TPSA) is 88.0 Å². The lowest BCUT2D eigenvalue weighted by Gasteiger charge is -2.07. The number of aryl methyl sites for hydroxylation is 1. The van der Waals surface area contributed by atoms with Crippen LogP contribution in [-0.2, 0) is 7.05 Å². The summed E-state index contributed by atoms with van der Waals surface area (Å²) in [5.41, 5.74) is 0.321. The number of phenols is 1. The molecule has 2 heterocycles. The molecule has 100 valence electrons. The van der Waals surface area contributed by atoms with Crippen LogP contribution in [0.15, 0.2) is 46.0 Å². The molecule has 3 aromatic rings. The zero-order chi connectivity index (χ0) is 14.3. The quantitative estimate of drug-likeness (QED) is 0.689. The lowest BCUT2D eigenvalue weighted by atomic mass is 10.1. The fourth-order valence-corrected chi connectivity index (χ4v) is 2.07. The van der Waals surface area contributed by atoms with Crippen molar-refractivity contribution in [1.29, 1.82) is 0 Å². The smallest absolute Gasteiger partial charge is 0.329 e. The Morgan fingerprint density at radius 2 is 1.90 bits per heavy atom. The number of aromatic amines is 1. The summed E-state index contributed by atoms with van der Waals surface area (Å²) in [6.45, 7) is 0. The molecule has 0 saturated heterocycles. The molecule has 2 N–H and O–H groups in total. The molecule has 6 nitrogen and oxygen atoms in total. The van der Waals surface area contributed by atoms with Gasteiger partial charge in [-0.05, 0) is 24.3 Å². The van der Waals surface area contributed by atoms with Gasteiger partial charge in [-0.1, -0.05) is 12.1 Å². The average Bonchev–Trinajstić information content (AvgIpc) is 2.45. The van der Waals surface area contributed by atoms with Crippen LogP contribution < -0.4 is 11.2 Å². The number of aromatic nitrogens is 3. The first-order valence-electron chi connectivity index (χ1n) is 5.96. The second kappa shape index (κ2) is 4.34. The molecule has 6 heteroatoms. The van der Waals surface area contributed by atoms with E-state index in [0.29, 0.717) is 16.6 Å². The number of H-pyrrole nitrogens is 1. The number of aromatic hydroxyl groups is 1.